The van der Waals surface area contributed by atoms with Gasteiger partial charge in [0.1, 0.15) is 0 Å². The van der Waals surface area contributed by atoms with Gasteiger partial charge in [0, 0.05) is 11.6 Å². The second kappa shape index (κ2) is 6.53. The number of benzene rings is 2. The van der Waals surface area contributed by atoms with E-state index >= 15 is 0 Å². The lowest BCUT2D eigenvalue weighted by atomic mass is 9.92. The predicted octanol–water partition coefficient (Wildman–Crippen LogP) is 4.22. The average molecular weight is 285 g/mol. The molecule has 0 aliphatic rings. The summed E-state index contributed by atoms with van der Waals surface area (Å²) in [6.07, 6.45) is 0.118. The van der Waals surface area contributed by atoms with Gasteiger partial charge in [0.25, 0.3) is 0 Å². The summed E-state index contributed by atoms with van der Waals surface area (Å²) in [4.78, 5) is 0. The number of hydrogen-bond acceptors (Lipinski definition) is 3. The van der Waals surface area contributed by atoms with Gasteiger partial charge in [-0.1, -0.05) is 31.2 Å². The standard InChI is InChI=1S/C18H23NO2/c1-12(2)21-17-10-9-14(11-18(17)20-4)13(3)15-7-5-6-8-16(15)19/h5-13H,19H2,1-4H3. The fraction of sp³-hybridized carbons (Fsp3) is 0.333. The Morgan fingerprint density at radius 2 is 1.67 bits per heavy atom. The third-order valence-electron chi connectivity index (χ3n) is 3.51. The summed E-state index contributed by atoms with van der Waals surface area (Å²) in [7, 11) is 1.66. The molecular weight excluding hydrogens is 262 g/mol. The van der Waals surface area contributed by atoms with E-state index in [-0.39, 0.29) is 12.0 Å². The highest BCUT2D eigenvalue weighted by Gasteiger charge is 2.14. The van der Waals surface area contributed by atoms with E-state index in [0.717, 1.165) is 28.3 Å². The molecule has 1 atom stereocenters. The third kappa shape index (κ3) is 3.48. The molecule has 3 nitrogen and oxygen atoms in total. The Morgan fingerprint density at radius 1 is 0.952 bits per heavy atom. The molecule has 2 aromatic rings. The molecule has 0 amide bonds. The van der Waals surface area contributed by atoms with Gasteiger partial charge in [-0.2, -0.15) is 0 Å². The van der Waals surface area contributed by atoms with Crippen LogP contribution in [0.25, 0.3) is 0 Å². The van der Waals surface area contributed by atoms with Gasteiger partial charge < -0.3 is 15.2 Å². The molecular formula is C18H23NO2. The molecule has 2 rings (SSSR count). The van der Waals surface area contributed by atoms with Gasteiger partial charge in [0.05, 0.1) is 13.2 Å². The van der Waals surface area contributed by atoms with Crippen molar-refractivity contribution in [3.63, 3.8) is 0 Å². The van der Waals surface area contributed by atoms with Crippen LogP contribution in [0, 0.1) is 0 Å². The van der Waals surface area contributed by atoms with E-state index in [1.165, 1.54) is 0 Å². The zero-order valence-electron chi connectivity index (χ0n) is 13.1. The average Bonchev–Trinajstić information content (AvgIpc) is 2.47. The lowest BCUT2D eigenvalue weighted by Crippen LogP contribution is -2.07. The molecule has 2 N–H and O–H groups in total. The van der Waals surface area contributed by atoms with Crippen molar-refractivity contribution in [3.8, 4) is 11.5 Å². The summed E-state index contributed by atoms with van der Waals surface area (Å²) in [5.41, 5.74) is 9.16. The molecule has 0 saturated carbocycles. The van der Waals surface area contributed by atoms with Crippen molar-refractivity contribution >= 4 is 5.69 Å². The monoisotopic (exact) mass is 285 g/mol. The molecule has 0 bridgehead atoms. The second-order valence-electron chi connectivity index (χ2n) is 5.43. The van der Waals surface area contributed by atoms with Crippen LogP contribution in [0.5, 0.6) is 11.5 Å². The summed E-state index contributed by atoms with van der Waals surface area (Å²) in [5.74, 6) is 1.72. The normalized spacial score (nSPS) is 12.2. The largest absolute Gasteiger partial charge is 0.493 e. The highest BCUT2D eigenvalue weighted by molar-refractivity contribution is 5.53. The number of para-hydroxylation sites is 1. The molecule has 0 fully saturated rings. The molecule has 0 aliphatic carbocycles. The molecule has 0 radical (unpaired) electrons. The Bertz CT molecular complexity index is 608. The minimum Gasteiger partial charge on any atom is -0.493 e. The van der Waals surface area contributed by atoms with E-state index in [4.69, 9.17) is 15.2 Å². The fourth-order valence-electron chi connectivity index (χ4n) is 2.39. The number of nitrogens with two attached hydrogens (primary N) is 1. The van der Waals surface area contributed by atoms with E-state index in [9.17, 15) is 0 Å². The van der Waals surface area contributed by atoms with E-state index in [1.807, 2.05) is 44.2 Å². The number of rotatable bonds is 5. The van der Waals surface area contributed by atoms with Crippen LogP contribution in [0.15, 0.2) is 42.5 Å². The first-order valence-corrected chi connectivity index (χ1v) is 7.22. The highest BCUT2D eigenvalue weighted by Crippen LogP contribution is 2.35. The molecule has 0 saturated heterocycles. The number of ether oxygens (including phenoxy) is 2. The molecule has 2 aromatic carbocycles. The SMILES string of the molecule is COc1cc(C(C)c2ccccc2N)ccc1OC(C)C. The smallest absolute Gasteiger partial charge is 0.161 e. The zero-order valence-corrected chi connectivity index (χ0v) is 13.1. The first-order chi connectivity index (χ1) is 10.0. The molecule has 0 heterocycles. The Hall–Kier alpha value is -2.16. The molecule has 0 aliphatic heterocycles. The van der Waals surface area contributed by atoms with Crippen molar-refractivity contribution in [2.24, 2.45) is 0 Å². The summed E-state index contributed by atoms with van der Waals surface area (Å²) >= 11 is 0. The van der Waals surface area contributed by atoms with Gasteiger partial charge in [-0.25, -0.2) is 0 Å². The number of methoxy groups -OCH3 is 1. The zero-order chi connectivity index (χ0) is 15.4. The summed E-state index contributed by atoms with van der Waals surface area (Å²) < 4.78 is 11.2. The molecule has 3 heteroatoms. The summed E-state index contributed by atoms with van der Waals surface area (Å²) in [6.45, 7) is 6.14. The third-order valence-corrected chi connectivity index (χ3v) is 3.51. The molecule has 0 spiro atoms. The van der Waals surface area contributed by atoms with Gasteiger partial charge in [-0.05, 0) is 43.2 Å². The van der Waals surface area contributed by atoms with E-state index < -0.39 is 0 Å². The highest BCUT2D eigenvalue weighted by atomic mass is 16.5. The van der Waals surface area contributed by atoms with Crippen LogP contribution in [0.3, 0.4) is 0 Å². The molecule has 1 unspecified atom stereocenters. The lowest BCUT2D eigenvalue weighted by molar-refractivity contribution is 0.230. The topological polar surface area (TPSA) is 44.5 Å². The predicted molar refractivity (Wildman–Crippen MR) is 87.1 cm³/mol. The number of anilines is 1. The van der Waals surface area contributed by atoms with Crippen LogP contribution in [0.4, 0.5) is 5.69 Å². The van der Waals surface area contributed by atoms with Crippen LogP contribution in [0.2, 0.25) is 0 Å². The first-order valence-electron chi connectivity index (χ1n) is 7.22. The lowest BCUT2D eigenvalue weighted by Gasteiger charge is -2.18. The van der Waals surface area contributed by atoms with Crippen LogP contribution < -0.4 is 15.2 Å². The number of nitrogen functional groups attached to an aromatic ring is 1. The Labute approximate surface area is 126 Å². The maximum atomic E-state index is 6.07. The van der Waals surface area contributed by atoms with E-state index in [2.05, 4.69) is 19.1 Å². The Morgan fingerprint density at radius 3 is 2.29 bits per heavy atom. The van der Waals surface area contributed by atoms with Crippen molar-refractivity contribution in [2.75, 3.05) is 12.8 Å². The van der Waals surface area contributed by atoms with Gasteiger partial charge in [-0.3, -0.25) is 0 Å². The van der Waals surface area contributed by atoms with E-state index in [1.54, 1.807) is 7.11 Å². The van der Waals surface area contributed by atoms with Gasteiger partial charge in [-0.15, -0.1) is 0 Å². The van der Waals surface area contributed by atoms with Crippen LogP contribution >= 0.6 is 0 Å². The van der Waals surface area contributed by atoms with Gasteiger partial charge in [0.15, 0.2) is 11.5 Å². The number of hydrogen-bond donors (Lipinski definition) is 1. The van der Waals surface area contributed by atoms with Crippen LogP contribution in [-0.2, 0) is 0 Å². The minimum absolute atomic E-state index is 0.118. The maximum absolute atomic E-state index is 6.07. The maximum Gasteiger partial charge on any atom is 0.161 e. The molecule has 112 valence electrons. The van der Waals surface area contributed by atoms with Crippen LogP contribution in [0.1, 0.15) is 37.8 Å². The van der Waals surface area contributed by atoms with Crippen molar-refractivity contribution in [2.45, 2.75) is 32.8 Å². The van der Waals surface area contributed by atoms with Crippen LogP contribution in [-0.4, -0.2) is 13.2 Å². The van der Waals surface area contributed by atoms with Crippen molar-refractivity contribution in [1.82, 2.24) is 0 Å². The molecule has 21 heavy (non-hydrogen) atoms. The van der Waals surface area contributed by atoms with Gasteiger partial charge >= 0.3 is 0 Å². The van der Waals surface area contributed by atoms with Crippen molar-refractivity contribution in [3.05, 3.63) is 53.6 Å². The Kier molecular flexibility index (Phi) is 4.73. The second-order valence-corrected chi connectivity index (χ2v) is 5.43. The summed E-state index contributed by atoms with van der Waals surface area (Å²) in [5, 5.41) is 0. The fourth-order valence-corrected chi connectivity index (χ4v) is 2.39. The van der Waals surface area contributed by atoms with Crippen molar-refractivity contribution < 1.29 is 9.47 Å². The van der Waals surface area contributed by atoms with E-state index in [0.29, 0.717) is 0 Å². The van der Waals surface area contributed by atoms with Crippen molar-refractivity contribution in [1.29, 1.82) is 0 Å². The van der Waals surface area contributed by atoms with Gasteiger partial charge in [0.2, 0.25) is 0 Å². The Balaban J connectivity index is 2.34. The molecule has 0 aromatic heterocycles. The quantitative estimate of drug-likeness (QED) is 0.837. The minimum atomic E-state index is 0.118. The summed E-state index contributed by atoms with van der Waals surface area (Å²) in [6, 6.07) is 14.0. The first kappa shape index (κ1) is 15.2.